The fraction of sp³-hybridized carbons (Fsp3) is 0.280. The number of sulfonamides is 1. The minimum atomic E-state index is -3.68. The SMILES string of the molecule is C=CCN(CC=C)S(=O)(=O)c1ccc(C(=O)N2CCC(c3nc4ccccc4s3)CC2)cc1. The van der Waals surface area contributed by atoms with Crippen molar-refractivity contribution < 1.29 is 13.2 Å². The Morgan fingerprint density at radius 3 is 2.30 bits per heavy atom. The number of rotatable bonds is 8. The number of hydrogen-bond acceptors (Lipinski definition) is 5. The molecule has 8 heteroatoms. The number of carbonyl (C=O) groups is 1. The van der Waals surface area contributed by atoms with Gasteiger partial charge in [-0.05, 0) is 49.2 Å². The lowest BCUT2D eigenvalue weighted by atomic mass is 9.97. The molecule has 1 amide bonds. The van der Waals surface area contributed by atoms with Gasteiger partial charge in [0.05, 0.1) is 20.1 Å². The highest BCUT2D eigenvalue weighted by Gasteiger charge is 2.27. The van der Waals surface area contributed by atoms with Gasteiger partial charge in [-0.3, -0.25) is 4.79 Å². The zero-order valence-electron chi connectivity index (χ0n) is 18.4. The maximum atomic E-state index is 13.0. The first-order chi connectivity index (χ1) is 15.9. The van der Waals surface area contributed by atoms with Crippen LogP contribution in [0.1, 0.15) is 34.1 Å². The fourth-order valence-corrected chi connectivity index (χ4v) is 6.57. The summed E-state index contributed by atoms with van der Waals surface area (Å²) in [7, 11) is -3.68. The van der Waals surface area contributed by atoms with Gasteiger partial charge in [-0.25, -0.2) is 13.4 Å². The average Bonchev–Trinajstić information content (AvgIpc) is 3.28. The third-order valence-corrected chi connectivity index (χ3v) is 8.89. The maximum absolute atomic E-state index is 13.0. The van der Waals surface area contributed by atoms with Crippen LogP contribution in [-0.2, 0) is 10.0 Å². The minimum Gasteiger partial charge on any atom is -0.339 e. The van der Waals surface area contributed by atoms with Gasteiger partial charge in [0.2, 0.25) is 10.0 Å². The molecule has 1 aromatic heterocycles. The largest absolute Gasteiger partial charge is 0.339 e. The molecule has 33 heavy (non-hydrogen) atoms. The van der Waals surface area contributed by atoms with E-state index >= 15 is 0 Å². The summed E-state index contributed by atoms with van der Waals surface area (Å²) < 4.78 is 28.2. The maximum Gasteiger partial charge on any atom is 0.253 e. The average molecular weight is 482 g/mol. The third kappa shape index (κ3) is 4.93. The molecule has 1 aliphatic rings. The normalized spacial score (nSPS) is 15.1. The van der Waals surface area contributed by atoms with Gasteiger partial charge in [-0.1, -0.05) is 24.3 Å². The lowest BCUT2D eigenvalue weighted by molar-refractivity contribution is 0.0713. The summed E-state index contributed by atoms with van der Waals surface area (Å²) in [5.41, 5.74) is 1.53. The van der Waals surface area contributed by atoms with E-state index in [0.29, 0.717) is 24.6 Å². The Morgan fingerprint density at radius 1 is 1.06 bits per heavy atom. The molecular weight excluding hydrogens is 454 g/mol. The first-order valence-electron chi connectivity index (χ1n) is 10.9. The molecule has 0 unspecified atom stereocenters. The highest BCUT2D eigenvalue weighted by atomic mass is 32.2. The summed E-state index contributed by atoms with van der Waals surface area (Å²) in [6.07, 6.45) is 4.82. The quantitative estimate of drug-likeness (QED) is 0.438. The van der Waals surface area contributed by atoms with Crippen molar-refractivity contribution in [1.82, 2.24) is 14.2 Å². The predicted octanol–water partition coefficient (Wildman–Crippen LogP) is 4.68. The number of benzene rings is 2. The number of likely N-dealkylation sites (tertiary alicyclic amines) is 1. The summed E-state index contributed by atoms with van der Waals surface area (Å²) in [4.78, 5) is 19.8. The van der Waals surface area contributed by atoms with Crippen LogP contribution in [-0.4, -0.2) is 54.7 Å². The van der Waals surface area contributed by atoms with E-state index in [2.05, 4.69) is 19.2 Å². The lowest BCUT2D eigenvalue weighted by Crippen LogP contribution is -2.38. The molecule has 172 valence electrons. The molecule has 0 spiro atoms. The Bertz CT molecular complexity index is 1210. The molecule has 0 atom stereocenters. The molecule has 0 saturated carbocycles. The van der Waals surface area contributed by atoms with Gasteiger partial charge in [0.25, 0.3) is 5.91 Å². The summed E-state index contributed by atoms with van der Waals surface area (Å²) in [5.74, 6) is 0.287. The molecule has 0 N–H and O–H groups in total. The first-order valence-corrected chi connectivity index (χ1v) is 13.2. The summed E-state index contributed by atoms with van der Waals surface area (Å²) in [5, 5.41) is 1.14. The standard InChI is InChI=1S/C25H27N3O3S2/c1-3-15-28(16-4-2)33(30,31)21-11-9-20(10-12-21)25(29)27-17-13-19(14-18-27)24-26-22-7-5-6-8-23(22)32-24/h3-12,19H,1-2,13-18H2. The van der Waals surface area contributed by atoms with Gasteiger partial charge in [0.1, 0.15) is 0 Å². The van der Waals surface area contributed by atoms with Crippen LogP contribution in [0.15, 0.2) is 78.7 Å². The van der Waals surface area contributed by atoms with Crippen LogP contribution < -0.4 is 0 Å². The van der Waals surface area contributed by atoms with Crippen LogP contribution >= 0.6 is 11.3 Å². The number of hydrogen-bond donors (Lipinski definition) is 0. The number of fused-ring (bicyclic) bond motifs is 1. The summed E-state index contributed by atoms with van der Waals surface area (Å²) in [6, 6.07) is 14.3. The minimum absolute atomic E-state index is 0.0734. The molecule has 0 radical (unpaired) electrons. The van der Waals surface area contributed by atoms with Crippen molar-refractivity contribution in [3.05, 3.63) is 84.4 Å². The lowest BCUT2D eigenvalue weighted by Gasteiger charge is -2.31. The monoisotopic (exact) mass is 481 g/mol. The number of piperidine rings is 1. The highest BCUT2D eigenvalue weighted by molar-refractivity contribution is 7.89. The van der Waals surface area contributed by atoms with Crippen molar-refractivity contribution in [3.63, 3.8) is 0 Å². The van der Waals surface area contributed by atoms with E-state index in [1.807, 2.05) is 23.1 Å². The highest BCUT2D eigenvalue weighted by Crippen LogP contribution is 2.34. The Balaban J connectivity index is 1.41. The van der Waals surface area contributed by atoms with Gasteiger partial charge in [0.15, 0.2) is 0 Å². The molecule has 1 aliphatic heterocycles. The Hall–Kier alpha value is -2.81. The van der Waals surface area contributed by atoms with Gasteiger partial charge in [0, 0.05) is 37.7 Å². The van der Waals surface area contributed by atoms with E-state index in [-0.39, 0.29) is 23.9 Å². The number of thiazole rings is 1. The van der Waals surface area contributed by atoms with Crippen LogP contribution in [0.3, 0.4) is 0 Å². The Kier molecular flexibility index (Phi) is 7.07. The zero-order valence-corrected chi connectivity index (χ0v) is 20.0. The topological polar surface area (TPSA) is 70.6 Å². The molecule has 0 bridgehead atoms. The van der Waals surface area contributed by atoms with Crippen LogP contribution in [0.25, 0.3) is 10.2 Å². The van der Waals surface area contributed by atoms with E-state index in [9.17, 15) is 13.2 Å². The number of para-hydroxylation sites is 1. The molecule has 1 fully saturated rings. The van der Waals surface area contributed by atoms with E-state index in [4.69, 9.17) is 4.98 Å². The Morgan fingerprint density at radius 2 is 1.70 bits per heavy atom. The molecule has 6 nitrogen and oxygen atoms in total. The van der Waals surface area contributed by atoms with E-state index in [1.54, 1.807) is 23.5 Å². The van der Waals surface area contributed by atoms with Gasteiger partial charge in [-0.15, -0.1) is 24.5 Å². The zero-order chi connectivity index (χ0) is 23.4. The molecule has 3 aromatic rings. The van der Waals surface area contributed by atoms with Gasteiger partial charge in [-0.2, -0.15) is 4.31 Å². The summed E-state index contributed by atoms with van der Waals surface area (Å²) >= 11 is 1.74. The second-order valence-electron chi connectivity index (χ2n) is 8.01. The fourth-order valence-electron chi connectivity index (χ4n) is 4.05. The van der Waals surface area contributed by atoms with Crippen molar-refractivity contribution in [3.8, 4) is 0 Å². The third-order valence-electron chi connectivity index (χ3n) is 5.85. The molecule has 1 saturated heterocycles. The van der Waals surface area contributed by atoms with Crippen LogP contribution in [0.5, 0.6) is 0 Å². The van der Waals surface area contributed by atoms with Crippen molar-refractivity contribution in [2.45, 2.75) is 23.7 Å². The van der Waals surface area contributed by atoms with Crippen LogP contribution in [0.4, 0.5) is 0 Å². The van der Waals surface area contributed by atoms with Crippen LogP contribution in [0.2, 0.25) is 0 Å². The van der Waals surface area contributed by atoms with Crippen LogP contribution in [0, 0.1) is 0 Å². The summed E-state index contributed by atoms with van der Waals surface area (Å²) in [6.45, 7) is 8.94. The van der Waals surface area contributed by atoms with Gasteiger partial charge >= 0.3 is 0 Å². The van der Waals surface area contributed by atoms with Crippen molar-refractivity contribution in [1.29, 1.82) is 0 Å². The van der Waals surface area contributed by atoms with E-state index in [0.717, 1.165) is 23.4 Å². The van der Waals surface area contributed by atoms with Crippen molar-refractivity contribution in [2.24, 2.45) is 0 Å². The number of nitrogens with zero attached hydrogens (tertiary/aromatic N) is 3. The number of carbonyl (C=O) groups excluding carboxylic acids is 1. The van der Waals surface area contributed by atoms with Crippen molar-refractivity contribution >= 4 is 37.5 Å². The second-order valence-corrected chi connectivity index (χ2v) is 11.0. The second kappa shape index (κ2) is 9.99. The van der Waals surface area contributed by atoms with E-state index < -0.39 is 10.0 Å². The Labute approximate surface area is 198 Å². The van der Waals surface area contributed by atoms with E-state index in [1.165, 1.54) is 33.3 Å². The predicted molar refractivity (Wildman–Crippen MR) is 133 cm³/mol. The molecule has 4 rings (SSSR count). The number of amides is 1. The molecular formula is C25H27N3O3S2. The smallest absolute Gasteiger partial charge is 0.253 e. The van der Waals surface area contributed by atoms with Gasteiger partial charge < -0.3 is 4.90 Å². The first kappa shape index (κ1) is 23.4. The molecule has 0 aliphatic carbocycles. The van der Waals surface area contributed by atoms with Crippen molar-refractivity contribution in [2.75, 3.05) is 26.2 Å². The molecule has 2 aromatic carbocycles. The molecule has 2 heterocycles. The number of aromatic nitrogens is 1.